The first-order valence-corrected chi connectivity index (χ1v) is 8.44. The second-order valence-corrected chi connectivity index (χ2v) is 6.48. The first kappa shape index (κ1) is 15.9. The highest BCUT2D eigenvalue weighted by Gasteiger charge is 2.37. The predicted molar refractivity (Wildman–Crippen MR) is 90.5 cm³/mol. The molecule has 130 valence electrons. The minimum absolute atomic E-state index is 0.0221. The Balaban J connectivity index is 1.74. The Morgan fingerprint density at radius 3 is 2.92 bits per heavy atom. The molecule has 2 atom stereocenters. The number of carbonyl (C=O) groups excluding carboxylic acids is 1. The number of Topliss-reactive ketones (excluding diaryl/α,β-unsaturated/α-hetero) is 1. The number of ketones is 1. The molecule has 0 aliphatic carbocycles. The summed E-state index contributed by atoms with van der Waals surface area (Å²) in [5.74, 6) is 2.20. The van der Waals surface area contributed by atoms with E-state index in [2.05, 4.69) is 12.0 Å². The van der Waals surface area contributed by atoms with E-state index in [0.717, 1.165) is 24.3 Å². The van der Waals surface area contributed by atoms with Gasteiger partial charge in [0.2, 0.25) is 12.5 Å². The molecule has 6 nitrogen and oxygen atoms in total. The van der Waals surface area contributed by atoms with Crippen LogP contribution in [0.5, 0.6) is 17.2 Å². The monoisotopic (exact) mass is 341 g/mol. The summed E-state index contributed by atoms with van der Waals surface area (Å²) in [6.07, 6.45) is 4.64. The van der Waals surface area contributed by atoms with Gasteiger partial charge in [-0.1, -0.05) is 0 Å². The average molecular weight is 341 g/mol. The van der Waals surface area contributed by atoms with Crippen molar-refractivity contribution in [2.75, 3.05) is 27.5 Å². The van der Waals surface area contributed by atoms with Gasteiger partial charge in [-0.25, -0.2) is 0 Å². The lowest BCUT2D eigenvalue weighted by Crippen LogP contribution is -3.10. The summed E-state index contributed by atoms with van der Waals surface area (Å²) < 4.78 is 16.8. The van der Waals surface area contributed by atoms with E-state index in [0.29, 0.717) is 23.5 Å². The van der Waals surface area contributed by atoms with E-state index in [4.69, 9.17) is 14.2 Å². The summed E-state index contributed by atoms with van der Waals surface area (Å²) in [7, 11) is 3.76. The molecule has 2 aromatic rings. The molecule has 0 bridgehead atoms. The maximum atomic E-state index is 12.8. The number of pyridine rings is 1. The average Bonchev–Trinajstić information content (AvgIpc) is 3.11. The topological polar surface area (TPSA) is 62.1 Å². The van der Waals surface area contributed by atoms with Crippen LogP contribution in [0.1, 0.15) is 33.9 Å². The first-order chi connectivity index (χ1) is 12.2. The lowest BCUT2D eigenvalue weighted by atomic mass is 9.87. The summed E-state index contributed by atoms with van der Waals surface area (Å²) in [6, 6.07) is 5.58. The molecular formula is C19H21N2O4+. The third-order valence-corrected chi connectivity index (χ3v) is 5.07. The largest absolute Gasteiger partial charge is 0.492 e. The molecular weight excluding hydrogens is 320 g/mol. The van der Waals surface area contributed by atoms with Crippen LogP contribution in [0.15, 0.2) is 30.6 Å². The zero-order valence-corrected chi connectivity index (χ0v) is 14.4. The van der Waals surface area contributed by atoms with Gasteiger partial charge >= 0.3 is 0 Å². The minimum Gasteiger partial charge on any atom is -0.492 e. The molecule has 2 aliphatic heterocycles. The molecule has 0 saturated heterocycles. The van der Waals surface area contributed by atoms with Gasteiger partial charge < -0.3 is 19.1 Å². The van der Waals surface area contributed by atoms with E-state index < -0.39 is 0 Å². The quantitative estimate of drug-likeness (QED) is 0.847. The van der Waals surface area contributed by atoms with Crippen molar-refractivity contribution in [1.29, 1.82) is 0 Å². The Kier molecular flexibility index (Phi) is 4.05. The number of methoxy groups -OCH3 is 1. The number of nitrogens with zero attached hydrogens (tertiary/aromatic N) is 1. The Labute approximate surface area is 146 Å². The van der Waals surface area contributed by atoms with E-state index in [1.54, 1.807) is 31.6 Å². The zero-order valence-electron chi connectivity index (χ0n) is 14.4. The van der Waals surface area contributed by atoms with Crippen molar-refractivity contribution in [3.63, 3.8) is 0 Å². The highest BCUT2D eigenvalue weighted by atomic mass is 16.7. The van der Waals surface area contributed by atoms with Crippen LogP contribution in [0.25, 0.3) is 0 Å². The number of rotatable bonds is 4. The Bertz CT molecular complexity index is 807. The van der Waals surface area contributed by atoms with Gasteiger partial charge in [-0.15, -0.1) is 0 Å². The van der Waals surface area contributed by atoms with Crippen LogP contribution in [-0.4, -0.2) is 38.3 Å². The number of benzene rings is 1. The molecule has 6 heteroatoms. The summed E-state index contributed by atoms with van der Waals surface area (Å²) in [4.78, 5) is 18.0. The van der Waals surface area contributed by atoms with Crippen molar-refractivity contribution in [3.8, 4) is 17.2 Å². The predicted octanol–water partition coefficient (Wildman–Crippen LogP) is 1.20. The van der Waals surface area contributed by atoms with Crippen molar-refractivity contribution in [3.05, 3.63) is 47.3 Å². The molecule has 25 heavy (non-hydrogen) atoms. The normalized spacial score (nSPS) is 20.9. The van der Waals surface area contributed by atoms with Crippen LogP contribution in [0.2, 0.25) is 0 Å². The van der Waals surface area contributed by atoms with Crippen molar-refractivity contribution >= 4 is 5.78 Å². The Hall–Kier alpha value is -2.60. The maximum absolute atomic E-state index is 12.8. The van der Waals surface area contributed by atoms with Gasteiger partial charge in [-0.3, -0.25) is 9.78 Å². The number of hydrogen-bond acceptors (Lipinski definition) is 5. The van der Waals surface area contributed by atoms with Gasteiger partial charge in [0, 0.05) is 24.4 Å². The third-order valence-electron chi connectivity index (χ3n) is 5.07. The molecule has 0 spiro atoms. The second-order valence-electron chi connectivity index (χ2n) is 6.48. The van der Waals surface area contributed by atoms with Gasteiger partial charge in [0.1, 0.15) is 6.04 Å². The molecule has 4 rings (SSSR count). The second kappa shape index (κ2) is 6.37. The van der Waals surface area contributed by atoms with Gasteiger partial charge in [0.15, 0.2) is 17.3 Å². The minimum atomic E-state index is 0.0221. The highest BCUT2D eigenvalue weighted by molar-refractivity contribution is 5.96. The molecule has 0 fully saturated rings. The maximum Gasteiger partial charge on any atom is 0.231 e. The van der Waals surface area contributed by atoms with Crippen LogP contribution >= 0.6 is 0 Å². The Morgan fingerprint density at radius 2 is 2.16 bits per heavy atom. The molecule has 2 aliphatic rings. The smallest absolute Gasteiger partial charge is 0.231 e. The molecule has 1 aromatic carbocycles. The van der Waals surface area contributed by atoms with E-state index >= 15 is 0 Å². The van der Waals surface area contributed by atoms with Gasteiger partial charge in [-0.2, -0.15) is 0 Å². The van der Waals surface area contributed by atoms with Crippen LogP contribution in [-0.2, 0) is 6.42 Å². The molecule has 1 unspecified atom stereocenters. The van der Waals surface area contributed by atoms with Crippen molar-refractivity contribution in [2.24, 2.45) is 0 Å². The van der Waals surface area contributed by atoms with Crippen LogP contribution in [0.4, 0.5) is 0 Å². The van der Waals surface area contributed by atoms with E-state index in [1.165, 1.54) is 10.5 Å². The third kappa shape index (κ3) is 2.72. The molecule has 3 heterocycles. The lowest BCUT2D eigenvalue weighted by molar-refractivity contribution is -0.913. The molecule has 1 aromatic heterocycles. The number of carbonyl (C=O) groups is 1. The standard InChI is InChI=1S/C19H20N2O4/c1-21-8-5-13-9-16-18(25-11-24-16)19(23-2)17(13)14(21)10-15(22)12-3-6-20-7-4-12/h3-4,6-7,9,14H,5,8,10-11H2,1-2H3/p+1/t14-/m0/s1. The number of fused-ring (bicyclic) bond motifs is 2. The lowest BCUT2D eigenvalue weighted by Gasteiger charge is -2.32. The van der Waals surface area contributed by atoms with Crippen molar-refractivity contribution in [2.45, 2.75) is 18.9 Å². The highest BCUT2D eigenvalue weighted by Crippen LogP contribution is 2.47. The van der Waals surface area contributed by atoms with E-state index in [-0.39, 0.29) is 18.6 Å². The number of ether oxygens (including phenoxy) is 3. The molecule has 0 saturated carbocycles. The van der Waals surface area contributed by atoms with Crippen LogP contribution < -0.4 is 19.1 Å². The van der Waals surface area contributed by atoms with E-state index in [1.807, 2.05) is 6.07 Å². The molecule has 0 amide bonds. The van der Waals surface area contributed by atoms with Gasteiger partial charge in [0.25, 0.3) is 0 Å². The fourth-order valence-electron chi connectivity index (χ4n) is 3.74. The number of hydrogen-bond donors (Lipinski definition) is 1. The molecule has 0 radical (unpaired) electrons. The van der Waals surface area contributed by atoms with Crippen molar-refractivity contribution in [1.82, 2.24) is 4.98 Å². The number of nitrogens with one attached hydrogen (secondary N) is 1. The summed E-state index contributed by atoms with van der Waals surface area (Å²) in [5, 5.41) is 0. The summed E-state index contributed by atoms with van der Waals surface area (Å²) >= 11 is 0. The fraction of sp³-hybridized carbons (Fsp3) is 0.368. The molecule has 1 N–H and O–H groups in total. The first-order valence-electron chi connectivity index (χ1n) is 8.44. The SMILES string of the molecule is COc1c2c(cc3c1[C@H](CC(=O)c1ccncc1)[NH+](C)CC3)OCO2. The van der Waals surface area contributed by atoms with Gasteiger partial charge in [-0.05, 0) is 23.8 Å². The van der Waals surface area contributed by atoms with Gasteiger partial charge in [0.05, 0.1) is 32.7 Å². The number of quaternary nitrogens is 1. The fourth-order valence-corrected chi connectivity index (χ4v) is 3.74. The zero-order chi connectivity index (χ0) is 17.4. The summed E-state index contributed by atoms with van der Waals surface area (Å²) in [5.41, 5.74) is 2.94. The Morgan fingerprint density at radius 1 is 1.36 bits per heavy atom. The number of likely N-dealkylation sites (N-methyl/N-ethyl adjacent to an activating group) is 1. The van der Waals surface area contributed by atoms with Crippen molar-refractivity contribution < 1.29 is 23.9 Å². The summed E-state index contributed by atoms with van der Waals surface area (Å²) in [6.45, 7) is 1.17. The van der Waals surface area contributed by atoms with E-state index in [9.17, 15) is 4.79 Å². The van der Waals surface area contributed by atoms with Crippen LogP contribution in [0, 0.1) is 0 Å². The number of aromatic nitrogens is 1. The van der Waals surface area contributed by atoms with Crippen LogP contribution in [0.3, 0.4) is 0 Å².